The van der Waals surface area contributed by atoms with Crippen molar-refractivity contribution in [2.45, 2.75) is 0 Å². The fourth-order valence-corrected chi connectivity index (χ4v) is 1.76. The standard InChI is InChI=1S/C8H7Cl2NS/c1-11-8(12)7-5(9)3-2-4-6(7)10/h2-4H,1H3,(H,11,12). The van der Waals surface area contributed by atoms with Crippen LogP contribution in [0.4, 0.5) is 0 Å². The van der Waals surface area contributed by atoms with Gasteiger partial charge in [-0.05, 0) is 12.1 Å². The minimum absolute atomic E-state index is 0.561. The van der Waals surface area contributed by atoms with Gasteiger partial charge in [-0.3, -0.25) is 0 Å². The van der Waals surface area contributed by atoms with Crippen LogP contribution in [0.3, 0.4) is 0 Å². The van der Waals surface area contributed by atoms with Gasteiger partial charge in [-0.15, -0.1) is 0 Å². The Morgan fingerprint density at radius 2 is 1.83 bits per heavy atom. The van der Waals surface area contributed by atoms with Crippen LogP contribution in [0.2, 0.25) is 10.0 Å². The number of halogens is 2. The molecule has 0 unspecified atom stereocenters. The highest BCUT2D eigenvalue weighted by Crippen LogP contribution is 2.24. The van der Waals surface area contributed by atoms with E-state index in [4.69, 9.17) is 35.4 Å². The van der Waals surface area contributed by atoms with Crippen molar-refractivity contribution >= 4 is 40.4 Å². The molecule has 1 rings (SSSR count). The van der Waals surface area contributed by atoms with E-state index in [1.807, 2.05) is 0 Å². The number of thiocarbonyl (C=S) groups is 1. The van der Waals surface area contributed by atoms with E-state index in [1.165, 1.54) is 0 Å². The van der Waals surface area contributed by atoms with Gasteiger partial charge in [0.25, 0.3) is 0 Å². The number of nitrogens with one attached hydrogen (secondary N) is 1. The van der Waals surface area contributed by atoms with Crippen LogP contribution in [-0.4, -0.2) is 12.0 Å². The van der Waals surface area contributed by atoms with Gasteiger partial charge in [-0.2, -0.15) is 0 Å². The van der Waals surface area contributed by atoms with E-state index in [9.17, 15) is 0 Å². The van der Waals surface area contributed by atoms with Gasteiger partial charge in [0.15, 0.2) is 0 Å². The van der Waals surface area contributed by atoms with Crippen LogP contribution in [0.1, 0.15) is 5.56 Å². The van der Waals surface area contributed by atoms with Crippen LogP contribution < -0.4 is 5.32 Å². The number of rotatable bonds is 1. The van der Waals surface area contributed by atoms with Gasteiger partial charge in [0.2, 0.25) is 0 Å². The molecule has 1 aromatic carbocycles. The molecule has 1 aromatic rings. The Balaban J connectivity index is 3.21. The molecule has 12 heavy (non-hydrogen) atoms. The summed E-state index contributed by atoms with van der Waals surface area (Å²) >= 11 is 16.8. The Labute approximate surface area is 86.7 Å². The highest BCUT2D eigenvalue weighted by atomic mass is 35.5. The van der Waals surface area contributed by atoms with E-state index in [1.54, 1.807) is 25.2 Å². The zero-order valence-corrected chi connectivity index (χ0v) is 8.72. The molecule has 0 aliphatic heterocycles. The maximum atomic E-state index is 5.89. The summed E-state index contributed by atoms with van der Waals surface area (Å²) in [5, 5.41) is 3.97. The SMILES string of the molecule is CNC(=S)c1c(Cl)cccc1Cl. The summed E-state index contributed by atoms with van der Waals surface area (Å²) in [6.45, 7) is 0. The minimum Gasteiger partial charge on any atom is -0.379 e. The highest BCUT2D eigenvalue weighted by Gasteiger charge is 2.08. The molecule has 4 heteroatoms. The van der Waals surface area contributed by atoms with Crippen LogP contribution in [-0.2, 0) is 0 Å². The summed E-state index contributed by atoms with van der Waals surface area (Å²) in [7, 11) is 1.74. The smallest absolute Gasteiger partial charge is 0.109 e. The van der Waals surface area contributed by atoms with Gasteiger partial charge in [0.05, 0.1) is 10.0 Å². The molecule has 1 N–H and O–H groups in total. The average Bonchev–Trinajstić information content (AvgIpc) is 2.03. The summed E-state index contributed by atoms with van der Waals surface area (Å²) in [5.41, 5.74) is 0.693. The lowest BCUT2D eigenvalue weighted by Gasteiger charge is -2.06. The lowest BCUT2D eigenvalue weighted by Crippen LogP contribution is -2.17. The summed E-state index contributed by atoms with van der Waals surface area (Å²) in [6, 6.07) is 5.30. The summed E-state index contributed by atoms with van der Waals surface area (Å²) < 4.78 is 0. The Kier molecular flexibility index (Phi) is 3.32. The second-order valence-electron chi connectivity index (χ2n) is 2.18. The van der Waals surface area contributed by atoms with Crippen LogP contribution in [0.5, 0.6) is 0 Å². The normalized spacial score (nSPS) is 9.58. The molecule has 0 saturated carbocycles. The third kappa shape index (κ3) is 1.89. The quantitative estimate of drug-likeness (QED) is 0.730. The van der Waals surface area contributed by atoms with Gasteiger partial charge in [-0.1, -0.05) is 41.5 Å². The maximum absolute atomic E-state index is 5.89. The van der Waals surface area contributed by atoms with E-state index in [0.717, 1.165) is 0 Å². The van der Waals surface area contributed by atoms with E-state index >= 15 is 0 Å². The van der Waals surface area contributed by atoms with Gasteiger partial charge in [0, 0.05) is 12.6 Å². The Morgan fingerprint density at radius 1 is 1.33 bits per heavy atom. The van der Waals surface area contributed by atoms with Gasteiger partial charge < -0.3 is 5.32 Å². The molecule has 0 aliphatic carbocycles. The van der Waals surface area contributed by atoms with Crippen molar-refractivity contribution in [3.63, 3.8) is 0 Å². The van der Waals surface area contributed by atoms with Crippen molar-refractivity contribution in [3.05, 3.63) is 33.8 Å². The van der Waals surface area contributed by atoms with Crippen molar-refractivity contribution in [3.8, 4) is 0 Å². The van der Waals surface area contributed by atoms with Gasteiger partial charge in [0.1, 0.15) is 4.99 Å². The molecule has 0 radical (unpaired) electrons. The first-order valence-corrected chi connectivity index (χ1v) is 4.49. The first-order chi connectivity index (χ1) is 5.66. The zero-order valence-electron chi connectivity index (χ0n) is 6.40. The third-order valence-corrected chi connectivity index (χ3v) is 2.46. The van der Waals surface area contributed by atoms with Crippen molar-refractivity contribution in [2.75, 3.05) is 7.05 Å². The van der Waals surface area contributed by atoms with E-state index in [2.05, 4.69) is 5.32 Å². The van der Waals surface area contributed by atoms with E-state index < -0.39 is 0 Å². The highest BCUT2D eigenvalue weighted by molar-refractivity contribution is 7.80. The summed E-state index contributed by atoms with van der Waals surface area (Å²) in [5.74, 6) is 0. The lowest BCUT2D eigenvalue weighted by molar-refractivity contribution is 1.20. The molecular formula is C8H7Cl2NS. The largest absolute Gasteiger partial charge is 0.379 e. The van der Waals surface area contributed by atoms with Crippen molar-refractivity contribution in [2.24, 2.45) is 0 Å². The minimum atomic E-state index is 0.561. The molecule has 1 nitrogen and oxygen atoms in total. The molecule has 0 saturated heterocycles. The van der Waals surface area contributed by atoms with Crippen LogP contribution in [0.15, 0.2) is 18.2 Å². The molecule has 64 valence electrons. The zero-order chi connectivity index (χ0) is 9.14. The lowest BCUT2D eigenvalue weighted by atomic mass is 10.2. The Morgan fingerprint density at radius 3 is 2.25 bits per heavy atom. The number of hydrogen-bond donors (Lipinski definition) is 1. The van der Waals surface area contributed by atoms with Crippen LogP contribution in [0, 0.1) is 0 Å². The van der Waals surface area contributed by atoms with E-state index in [-0.39, 0.29) is 0 Å². The maximum Gasteiger partial charge on any atom is 0.109 e. The fraction of sp³-hybridized carbons (Fsp3) is 0.125. The third-order valence-electron chi connectivity index (χ3n) is 1.42. The first-order valence-electron chi connectivity index (χ1n) is 3.33. The molecule has 0 aromatic heterocycles. The molecule has 0 spiro atoms. The topological polar surface area (TPSA) is 12.0 Å². The molecule has 0 amide bonds. The van der Waals surface area contributed by atoms with Gasteiger partial charge >= 0.3 is 0 Å². The van der Waals surface area contributed by atoms with Crippen molar-refractivity contribution < 1.29 is 0 Å². The molecular weight excluding hydrogens is 213 g/mol. The molecule has 0 bridgehead atoms. The van der Waals surface area contributed by atoms with E-state index in [0.29, 0.717) is 20.6 Å². The van der Waals surface area contributed by atoms with Crippen LogP contribution >= 0.6 is 35.4 Å². The summed E-state index contributed by atoms with van der Waals surface area (Å²) in [4.78, 5) is 0.561. The van der Waals surface area contributed by atoms with Crippen molar-refractivity contribution in [1.29, 1.82) is 0 Å². The first kappa shape index (κ1) is 9.78. The second kappa shape index (κ2) is 4.08. The monoisotopic (exact) mass is 219 g/mol. The Hall–Kier alpha value is -0.310. The molecule has 0 fully saturated rings. The summed E-state index contributed by atoms with van der Waals surface area (Å²) in [6.07, 6.45) is 0. The van der Waals surface area contributed by atoms with Gasteiger partial charge in [-0.25, -0.2) is 0 Å². The molecule has 0 atom stereocenters. The Bertz CT molecular complexity index is 292. The number of hydrogen-bond acceptors (Lipinski definition) is 1. The molecule has 0 heterocycles. The van der Waals surface area contributed by atoms with Crippen LogP contribution in [0.25, 0.3) is 0 Å². The van der Waals surface area contributed by atoms with Crippen molar-refractivity contribution in [1.82, 2.24) is 5.32 Å². The average molecular weight is 220 g/mol. The second-order valence-corrected chi connectivity index (χ2v) is 3.40. The number of benzene rings is 1. The predicted octanol–water partition coefficient (Wildman–Crippen LogP) is 2.89. The molecule has 0 aliphatic rings. The predicted molar refractivity (Wildman–Crippen MR) is 57.2 cm³/mol. The fourth-order valence-electron chi connectivity index (χ4n) is 0.840.